The van der Waals surface area contributed by atoms with Crippen LogP contribution in [0.2, 0.25) is 0 Å². The highest BCUT2D eigenvalue weighted by molar-refractivity contribution is 7.90. The number of unbranched alkanes of at least 4 members (excludes halogenated alkanes) is 2. The van der Waals surface area contributed by atoms with E-state index in [0.717, 1.165) is 6.42 Å². The summed E-state index contributed by atoms with van der Waals surface area (Å²) in [6.45, 7) is 6.19. The Morgan fingerprint density at radius 3 is 2.41 bits per heavy atom. The van der Waals surface area contributed by atoms with Crippen molar-refractivity contribution in [1.29, 1.82) is 0 Å². The van der Waals surface area contributed by atoms with Gasteiger partial charge in [-0.1, -0.05) is 44.5 Å². The van der Waals surface area contributed by atoms with Gasteiger partial charge in [0.1, 0.15) is 5.84 Å². The number of carbonyl (C=O) groups is 2. The fourth-order valence-electron chi connectivity index (χ4n) is 3.50. The van der Waals surface area contributed by atoms with Crippen LogP contribution in [0.15, 0.2) is 58.4 Å². The predicted octanol–water partition coefficient (Wildman–Crippen LogP) is 3.98. The second kappa shape index (κ2) is 11.3. The van der Waals surface area contributed by atoms with Gasteiger partial charge in [-0.2, -0.15) is 0 Å². The first-order valence-corrected chi connectivity index (χ1v) is 12.9. The molecule has 2 aromatic carbocycles. The molecular weight excluding hydrogens is 454 g/mol. The monoisotopic (exact) mass is 485 g/mol. The molecule has 0 saturated heterocycles. The number of benzene rings is 2. The molecule has 1 unspecified atom stereocenters. The van der Waals surface area contributed by atoms with E-state index < -0.39 is 22.1 Å². The van der Waals surface area contributed by atoms with Gasteiger partial charge in [-0.3, -0.25) is 19.3 Å². The highest BCUT2D eigenvalue weighted by Crippen LogP contribution is 2.22. The molecular formula is C25H31N3O5S. The molecule has 9 heteroatoms. The molecule has 1 atom stereocenters. The Morgan fingerprint density at radius 2 is 1.71 bits per heavy atom. The van der Waals surface area contributed by atoms with E-state index in [0.29, 0.717) is 42.4 Å². The molecule has 0 spiro atoms. The van der Waals surface area contributed by atoms with Crippen LogP contribution in [-0.4, -0.2) is 38.8 Å². The Bertz CT molecular complexity index is 1160. The lowest BCUT2D eigenvalue weighted by Crippen LogP contribution is -2.29. The highest BCUT2D eigenvalue weighted by atomic mass is 32.2. The molecule has 182 valence electrons. The third kappa shape index (κ3) is 6.66. The summed E-state index contributed by atoms with van der Waals surface area (Å²) in [7, 11) is -3.53. The minimum absolute atomic E-state index is 0.201. The Labute approximate surface area is 200 Å². The summed E-state index contributed by atoms with van der Waals surface area (Å²) in [4.78, 5) is 29.0. The van der Waals surface area contributed by atoms with Crippen LogP contribution >= 0.6 is 0 Å². The van der Waals surface area contributed by atoms with Gasteiger partial charge in [0.15, 0.2) is 6.10 Å². The maximum absolute atomic E-state index is 12.3. The largest absolute Gasteiger partial charge is 0.453 e. The number of hydrogen-bond donors (Lipinski definition) is 2. The molecule has 8 nitrogen and oxygen atoms in total. The molecule has 0 saturated carbocycles. The maximum Gasteiger partial charge on any atom is 0.306 e. The summed E-state index contributed by atoms with van der Waals surface area (Å²) < 4.78 is 31.9. The summed E-state index contributed by atoms with van der Waals surface area (Å²) in [5, 5.41) is 2.76. The first-order valence-electron chi connectivity index (χ1n) is 11.4. The Morgan fingerprint density at radius 1 is 1.00 bits per heavy atom. The van der Waals surface area contributed by atoms with Crippen molar-refractivity contribution in [1.82, 2.24) is 4.72 Å². The summed E-state index contributed by atoms with van der Waals surface area (Å²) in [6.07, 6.45) is 1.33. The molecule has 2 aromatic rings. The molecule has 2 N–H and O–H groups in total. The summed E-state index contributed by atoms with van der Waals surface area (Å²) >= 11 is 0. The van der Waals surface area contributed by atoms with Crippen molar-refractivity contribution in [2.45, 2.75) is 63.4 Å². The molecule has 1 amide bonds. The number of aliphatic imine (C=N–C) groups is 1. The molecule has 0 radical (unpaired) electrons. The average molecular weight is 486 g/mol. The van der Waals surface area contributed by atoms with Crippen molar-refractivity contribution in [2.75, 3.05) is 11.9 Å². The first kappa shape index (κ1) is 25.4. The van der Waals surface area contributed by atoms with Crippen LogP contribution in [0.4, 0.5) is 5.69 Å². The van der Waals surface area contributed by atoms with Crippen molar-refractivity contribution < 1.29 is 22.7 Å². The maximum atomic E-state index is 12.3. The van der Waals surface area contributed by atoms with Gasteiger partial charge in [-0.05, 0) is 55.5 Å². The van der Waals surface area contributed by atoms with Crippen LogP contribution in [0.25, 0.3) is 0 Å². The average Bonchev–Trinajstić information content (AvgIpc) is 3.06. The zero-order chi connectivity index (χ0) is 24.7. The van der Waals surface area contributed by atoms with E-state index in [-0.39, 0.29) is 17.2 Å². The number of amidine groups is 1. The van der Waals surface area contributed by atoms with Crippen LogP contribution in [0.5, 0.6) is 0 Å². The number of anilines is 1. The number of carbonyl (C=O) groups excluding carboxylic acids is 2. The number of hydrogen-bond acceptors (Lipinski definition) is 6. The lowest BCUT2D eigenvalue weighted by atomic mass is 10.0. The van der Waals surface area contributed by atoms with Crippen LogP contribution < -0.4 is 10.0 Å². The topological polar surface area (TPSA) is 114 Å². The van der Waals surface area contributed by atoms with Crippen LogP contribution in [-0.2, 0) is 24.3 Å². The molecule has 1 aliphatic rings. The number of nitrogens with one attached hydrogen (secondary N) is 2. The summed E-state index contributed by atoms with van der Waals surface area (Å²) in [5.41, 5.74) is 2.42. The van der Waals surface area contributed by atoms with Gasteiger partial charge in [0.25, 0.3) is 15.9 Å². The highest BCUT2D eigenvalue weighted by Gasteiger charge is 2.29. The molecule has 0 aliphatic carbocycles. The van der Waals surface area contributed by atoms with E-state index in [2.05, 4.69) is 28.9 Å². The number of rotatable bonds is 10. The lowest BCUT2D eigenvalue weighted by molar-refractivity contribution is -0.153. The molecule has 1 aliphatic heterocycles. The Balaban J connectivity index is 1.35. The van der Waals surface area contributed by atoms with Gasteiger partial charge < -0.3 is 10.1 Å². The molecule has 0 fully saturated rings. The first-order chi connectivity index (χ1) is 16.2. The minimum atomic E-state index is -3.53. The van der Waals surface area contributed by atoms with Gasteiger partial charge >= 0.3 is 5.97 Å². The van der Waals surface area contributed by atoms with Crippen LogP contribution in [0, 0.1) is 0 Å². The third-order valence-electron chi connectivity index (χ3n) is 5.49. The Hall–Kier alpha value is -3.20. The van der Waals surface area contributed by atoms with Crippen molar-refractivity contribution in [2.24, 2.45) is 4.99 Å². The smallest absolute Gasteiger partial charge is 0.306 e. The standard InChI is InChI=1S/C25H31N3O5S/c1-17(2)19-12-14-20(15-13-19)27-25(30)18(3)33-23(29)11-5-4-8-16-26-24-21-9-6-7-10-22(21)34(31,32)28-24/h6-7,9-10,12-15,17-18H,4-5,8,11,16H2,1-3H3,(H,26,28)(H,27,30). The normalized spacial score (nSPS) is 16.1. The minimum Gasteiger partial charge on any atom is -0.453 e. The molecule has 1 heterocycles. The SMILES string of the molecule is CC(OC(=O)CCCCCN=C1NS(=O)(=O)c2ccccc21)C(=O)Nc1ccc(C(C)C)cc1. The zero-order valence-corrected chi connectivity index (χ0v) is 20.5. The number of nitrogens with zero attached hydrogens (tertiary/aromatic N) is 1. The summed E-state index contributed by atoms with van der Waals surface area (Å²) in [6, 6.07) is 14.3. The predicted molar refractivity (Wildman–Crippen MR) is 131 cm³/mol. The fourth-order valence-corrected chi connectivity index (χ4v) is 4.76. The van der Waals surface area contributed by atoms with Gasteiger partial charge in [0, 0.05) is 24.2 Å². The van der Waals surface area contributed by atoms with Crippen LogP contribution in [0.1, 0.15) is 63.5 Å². The quantitative estimate of drug-likeness (QED) is 0.390. The van der Waals surface area contributed by atoms with E-state index in [1.165, 1.54) is 5.56 Å². The zero-order valence-electron chi connectivity index (χ0n) is 19.7. The van der Waals surface area contributed by atoms with E-state index in [9.17, 15) is 18.0 Å². The van der Waals surface area contributed by atoms with Gasteiger partial charge in [0.05, 0.1) is 4.90 Å². The molecule has 0 aromatic heterocycles. The number of ether oxygens (including phenoxy) is 1. The summed E-state index contributed by atoms with van der Waals surface area (Å²) in [5.74, 6) is -0.0413. The molecule has 34 heavy (non-hydrogen) atoms. The third-order valence-corrected chi connectivity index (χ3v) is 6.89. The van der Waals surface area contributed by atoms with E-state index in [1.807, 2.05) is 24.3 Å². The fraction of sp³-hybridized carbons (Fsp3) is 0.400. The van der Waals surface area contributed by atoms with Gasteiger partial charge in [-0.15, -0.1) is 0 Å². The molecule has 0 bridgehead atoms. The second-order valence-electron chi connectivity index (χ2n) is 8.54. The van der Waals surface area contributed by atoms with E-state index in [4.69, 9.17) is 4.74 Å². The molecule has 3 rings (SSSR count). The second-order valence-corrected chi connectivity index (χ2v) is 10.2. The van der Waals surface area contributed by atoms with Crippen molar-refractivity contribution in [3.63, 3.8) is 0 Å². The number of esters is 1. The lowest BCUT2D eigenvalue weighted by Gasteiger charge is -2.14. The number of sulfonamides is 1. The van der Waals surface area contributed by atoms with Crippen molar-refractivity contribution in [3.8, 4) is 0 Å². The van der Waals surface area contributed by atoms with Gasteiger partial charge in [-0.25, -0.2) is 8.42 Å². The Kier molecular flexibility index (Phi) is 8.44. The number of fused-ring (bicyclic) bond motifs is 1. The van der Waals surface area contributed by atoms with E-state index in [1.54, 1.807) is 31.2 Å². The number of amides is 1. The van der Waals surface area contributed by atoms with E-state index >= 15 is 0 Å². The van der Waals surface area contributed by atoms with Crippen molar-refractivity contribution in [3.05, 3.63) is 59.7 Å². The van der Waals surface area contributed by atoms with Crippen LogP contribution in [0.3, 0.4) is 0 Å². The van der Waals surface area contributed by atoms with Crippen molar-refractivity contribution >= 4 is 33.4 Å². The van der Waals surface area contributed by atoms with Gasteiger partial charge in [0.2, 0.25) is 0 Å².